The largest absolute Gasteiger partial charge is 0.392 e. The van der Waals surface area contributed by atoms with Crippen LogP contribution in [0.5, 0.6) is 0 Å². The van der Waals surface area contributed by atoms with Crippen molar-refractivity contribution in [2.75, 3.05) is 12.8 Å². The van der Waals surface area contributed by atoms with E-state index in [0.717, 1.165) is 0 Å². The SMILES string of the molecule is CSC(C)(C)CNS(=O)(=O)c1cccc(CO)c1. The van der Waals surface area contributed by atoms with Gasteiger partial charge in [0.15, 0.2) is 0 Å². The first-order valence-electron chi connectivity index (χ1n) is 5.55. The molecule has 6 heteroatoms. The minimum Gasteiger partial charge on any atom is -0.392 e. The Labute approximate surface area is 113 Å². The predicted octanol–water partition coefficient (Wildman–Crippen LogP) is 1.60. The number of aliphatic hydroxyl groups is 1. The number of sulfonamides is 1. The zero-order valence-corrected chi connectivity index (χ0v) is 12.4. The second kappa shape index (κ2) is 6.06. The first-order chi connectivity index (χ1) is 8.30. The minimum absolute atomic E-state index is 0.151. The van der Waals surface area contributed by atoms with Crippen molar-refractivity contribution in [2.45, 2.75) is 30.1 Å². The van der Waals surface area contributed by atoms with Crippen LogP contribution in [-0.4, -0.2) is 31.1 Å². The molecule has 2 N–H and O–H groups in total. The highest BCUT2D eigenvalue weighted by atomic mass is 32.2. The normalized spacial score (nSPS) is 12.7. The Balaban J connectivity index is 2.86. The molecule has 0 aliphatic rings. The van der Waals surface area contributed by atoms with Crippen molar-refractivity contribution in [3.63, 3.8) is 0 Å². The second-order valence-electron chi connectivity index (χ2n) is 4.59. The van der Waals surface area contributed by atoms with Crippen LogP contribution in [0.1, 0.15) is 19.4 Å². The Morgan fingerprint density at radius 3 is 2.61 bits per heavy atom. The number of benzene rings is 1. The molecular weight excluding hydrogens is 270 g/mol. The van der Waals surface area contributed by atoms with Crippen molar-refractivity contribution in [1.29, 1.82) is 0 Å². The van der Waals surface area contributed by atoms with Crippen molar-refractivity contribution in [3.8, 4) is 0 Å². The molecule has 0 radical (unpaired) electrons. The van der Waals surface area contributed by atoms with Crippen molar-refractivity contribution < 1.29 is 13.5 Å². The summed E-state index contributed by atoms with van der Waals surface area (Å²) in [5, 5.41) is 9.01. The van der Waals surface area contributed by atoms with Gasteiger partial charge < -0.3 is 5.11 Å². The summed E-state index contributed by atoms with van der Waals surface area (Å²) in [5.41, 5.74) is 0.585. The molecule has 0 heterocycles. The maximum absolute atomic E-state index is 12.1. The van der Waals surface area contributed by atoms with Gasteiger partial charge in [0, 0.05) is 11.3 Å². The minimum atomic E-state index is -3.51. The molecule has 0 spiro atoms. The first kappa shape index (κ1) is 15.5. The fraction of sp³-hybridized carbons (Fsp3) is 0.500. The van der Waals surface area contributed by atoms with Crippen LogP contribution in [-0.2, 0) is 16.6 Å². The topological polar surface area (TPSA) is 66.4 Å². The molecule has 1 aromatic carbocycles. The van der Waals surface area contributed by atoms with Gasteiger partial charge in [0.05, 0.1) is 11.5 Å². The number of thioether (sulfide) groups is 1. The lowest BCUT2D eigenvalue weighted by Gasteiger charge is -2.22. The zero-order valence-electron chi connectivity index (χ0n) is 10.8. The quantitative estimate of drug-likeness (QED) is 0.835. The first-order valence-corrected chi connectivity index (χ1v) is 8.26. The molecule has 0 aromatic heterocycles. The molecule has 18 heavy (non-hydrogen) atoms. The number of nitrogens with one attached hydrogen (secondary N) is 1. The van der Waals surface area contributed by atoms with Gasteiger partial charge in [-0.1, -0.05) is 12.1 Å². The Morgan fingerprint density at radius 1 is 1.39 bits per heavy atom. The molecule has 102 valence electrons. The molecule has 0 aliphatic carbocycles. The smallest absolute Gasteiger partial charge is 0.240 e. The maximum atomic E-state index is 12.1. The van der Waals surface area contributed by atoms with Crippen LogP contribution >= 0.6 is 11.8 Å². The maximum Gasteiger partial charge on any atom is 0.240 e. The van der Waals surface area contributed by atoms with Gasteiger partial charge in [-0.25, -0.2) is 13.1 Å². The molecule has 0 atom stereocenters. The molecule has 0 fully saturated rings. The average Bonchev–Trinajstić information content (AvgIpc) is 2.37. The summed E-state index contributed by atoms with van der Waals surface area (Å²) in [6.07, 6.45) is 1.95. The van der Waals surface area contributed by atoms with E-state index >= 15 is 0 Å². The van der Waals surface area contributed by atoms with Gasteiger partial charge in [-0.3, -0.25) is 0 Å². The van der Waals surface area contributed by atoms with E-state index in [1.54, 1.807) is 23.9 Å². The number of aliphatic hydroxyl groups excluding tert-OH is 1. The predicted molar refractivity (Wildman–Crippen MR) is 75.1 cm³/mol. The third kappa shape index (κ3) is 4.28. The zero-order chi connectivity index (χ0) is 13.8. The highest BCUT2D eigenvalue weighted by Gasteiger charge is 2.21. The van der Waals surface area contributed by atoms with Gasteiger partial charge >= 0.3 is 0 Å². The van der Waals surface area contributed by atoms with E-state index in [0.29, 0.717) is 12.1 Å². The Hall–Kier alpha value is -0.560. The van der Waals surface area contributed by atoms with E-state index in [1.165, 1.54) is 12.1 Å². The average molecular weight is 289 g/mol. The van der Waals surface area contributed by atoms with Crippen LogP contribution in [0.15, 0.2) is 29.2 Å². The van der Waals surface area contributed by atoms with E-state index in [9.17, 15) is 8.42 Å². The lowest BCUT2D eigenvalue weighted by atomic mass is 10.2. The third-order valence-corrected chi connectivity index (χ3v) is 5.28. The monoisotopic (exact) mass is 289 g/mol. The second-order valence-corrected chi connectivity index (χ2v) is 7.87. The van der Waals surface area contributed by atoms with Gasteiger partial charge in [-0.05, 0) is 37.8 Å². The highest BCUT2D eigenvalue weighted by molar-refractivity contribution is 8.00. The summed E-state index contributed by atoms with van der Waals surface area (Å²) in [5.74, 6) is 0. The van der Waals surface area contributed by atoms with E-state index in [4.69, 9.17) is 5.11 Å². The summed E-state index contributed by atoms with van der Waals surface area (Å²) in [6.45, 7) is 4.15. The van der Waals surface area contributed by atoms with E-state index < -0.39 is 10.0 Å². The number of rotatable bonds is 6. The van der Waals surface area contributed by atoms with Crippen LogP contribution in [0.2, 0.25) is 0 Å². The molecule has 0 saturated heterocycles. The van der Waals surface area contributed by atoms with E-state index in [1.807, 2.05) is 20.1 Å². The molecule has 0 aliphatic heterocycles. The van der Waals surface area contributed by atoms with Crippen LogP contribution in [0.4, 0.5) is 0 Å². The molecule has 4 nitrogen and oxygen atoms in total. The van der Waals surface area contributed by atoms with Crippen LogP contribution < -0.4 is 4.72 Å². The number of hydrogen-bond acceptors (Lipinski definition) is 4. The molecule has 0 saturated carbocycles. The summed E-state index contributed by atoms with van der Waals surface area (Å²) in [4.78, 5) is 0.186. The molecule has 0 bridgehead atoms. The van der Waals surface area contributed by atoms with Gasteiger partial charge in [-0.2, -0.15) is 11.8 Å². The third-order valence-electron chi connectivity index (χ3n) is 2.63. The van der Waals surface area contributed by atoms with Gasteiger partial charge in [0.1, 0.15) is 0 Å². The molecule has 1 rings (SSSR count). The van der Waals surface area contributed by atoms with Crippen molar-refractivity contribution in [1.82, 2.24) is 4.72 Å². The Kier molecular flexibility index (Phi) is 5.21. The van der Waals surface area contributed by atoms with E-state index in [-0.39, 0.29) is 16.2 Å². The lowest BCUT2D eigenvalue weighted by molar-refractivity contribution is 0.281. The van der Waals surface area contributed by atoms with Gasteiger partial charge in [-0.15, -0.1) is 0 Å². The summed E-state index contributed by atoms with van der Waals surface area (Å²) in [7, 11) is -3.51. The highest BCUT2D eigenvalue weighted by Crippen LogP contribution is 2.21. The summed E-state index contributed by atoms with van der Waals surface area (Å²) >= 11 is 1.60. The fourth-order valence-electron chi connectivity index (χ4n) is 1.24. The van der Waals surface area contributed by atoms with Gasteiger partial charge in [0.2, 0.25) is 10.0 Å². The van der Waals surface area contributed by atoms with Gasteiger partial charge in [0.25, 0.3) is 0 Å². The Morgan fingerprint density at radius 2 is 2.06 bits per heavy atom. The molecule has 0 unspecified atom stereocenters. The Bertz CT molecular complexity index is 498. The molecule has 0 amide bonds. The lowest BCUT2D eigenvalue weighted by Crippen LogP contribution is -2.36. The standard InChI is InChI=1S/C12H19NO3S2/c1-12(2,17-3)9-13-18(15,16)11-6-4-5-10(7-11)8-14/h4-7,13-14H,8-9H2,1-3H3. The molecular formula is C12H19NO3S2. The van der Waals surface area contributed by atoms with Crippen LogP contribution in [0, 0.1) is 0 Å². The van der Waals surface area contributed by atoms with Crippen LogP contribution in [0.3, 0.4) is 0 Å². The van der Waals surface area contributed by atoms with Crippen molar-refractivity contribution in [2.24, 2.45) is 0 Å². The van der Waals surface area contributed by atoms with E-state index in [2.05, 4.69) is 4.72 Å². The van der Waals surface area contributed by atoms with Crippen LogP contribution in [0.25, 0.3) is 0 Å². The summed E-state index contributed by atoms with van der Waals surface area (Å²) < 4.78 is 26.6. The summed E-state index contributed by atoms with van der Waals surface area (Å²) in [6, 6.07) is 6.31. The van der Waals surface area contributed by atoms with Crippen molar-refractivity contribution >= 4 is 21.8 Å². The number of hydrogen-bond donors (Lipinski definition) is 2. The van der Waals surface area contributed by atoms with Crippen molar-refractivity contribution in [3.05, 3.63) is 29.8 Å². The fourth-order valence-corrected chi connectivity index (χ4v) is 2.82. The molecule has 1 aromatic rings.